The summed E-state index contributed by atoms with van der Waals surface area (Å²) in [5.41, 5.74) is 6.85. The average Bonchev–Trinajstić information content (AvgIpc) is 2.91. The molecule has 0 amide bonds. The highest BCUT2D eigenvalue weighted by atomic mass is 16.5. The lowest BCUT2D eigenvalue weighted by molar-refractivity contribution is -0.270. The van der Waals surface area contributed by atoms with Crippen molar-refractivity contribution in [1.82, 2.24) is 0 Å². The third-order valence-electron chi connectivity index (χ3n) is 15.6. The van der Waals surface area contributed by atoms with Gasteiger partial charge in [0.1, 0.15) is 0 Å². The lowest BCUT2D eigenvalue weighted by Crippen LogP contribution is -2.70. The van der Waals surface area contributed by atoms with Gasteiger partial charge in [0.2, 0.25) is 0 Å². The summed E-state index contributed by atoms with van der Waals surface area (Å²) < 4.78 is 19.8. The molecule has 1 aliphatic heterocycles. The number of ether oxygens (including phenoxy) is 3. The highest BCUT2D eigenvalue weighted by Gasteiger charge is 2.71. The fourth-order valence-electron chi connectivity index (χ4n) is 11.6. The van der Waals surface area contributed by atoms with E-state index < -0.39 is 11.5 Å². The summed E-state index contributed by atoms with van der Waals surface area (Å²) >= 11 is 0. The number of hydrogen-bond acceptors (Lipinski definition) is 5. The van der Waals surface area contributed by atoms with Crippen molar-refractivity contribution in [3.8, 4) is 0 Å². The van der Waals surface area contributed by atoms with Crippen molar-refractivity contribution in [3.63, 3.8) is 0 Å². The molecule has 252 valence electrons. The largest absolute Gasteiger partial charge is 0.481 e. The maximum absolute atomic E-state index is 13.3. The van der Waals surface area contributed by atoms with E-state index in [9.17, 15) is 9.90 Å². The molecule has 0 aromatic carbocycles. The monoisotopic (exact) mass is 615 g/mol. The van der Waals surface area contributed by atoms with E-state index in [0.717, 1.165) is 45.1 Å². The lowest BCUT2D eigenvalue weighted by atomic mass is 9.34. The first-order valence-corrected chi connectivity index (χ1v) is 17.6. The van der Waals surface area contributed by atoms with Crippen LogP contribution in [-0.2, 0) is 19.0 Å². The Kier molecular flexibility index (Phi) is 8.43. The van der Waals surface area contributed by atoms with E-state index in [0.29, 0.717) is 36.9 Å². The minimum atomic E-state index is -0.607. The average molecular weight is 616 g/mol. The Morgan fingerprint density at radius 2 is 1.73 bits per heavy atom. The van der Waals surface area contributed by atoms with Crippen molar-refractivity contribution in [1.29, 1.82) is 0 Å². The second-order valence-electron chi connectivity index (χ2n) is 18.7. The molecule has 5 aliphatic rings. The van der Waals surface area contributed by atoms with Gasteiger partial charge >= 0.3 is 5.97 Å². The van der Waals surface area contributed by atoms with E-state index >= 15 is 0 Å². The van der Waals surface area contributed by atoms with Crippen LogP contribution in [0.5, 0.6) is 0 Å². The predicted molar refractivity (Wildman–Crippen MR) is 176 cm³/mol. The summed E-state index contributed by atoms with van der Waals surface area (Å²) in [6.45, 7) is 26.7. The minimum Gasteiger partial charge on any atom is -0.481 e. The molecule has 3 saturated carbocycles. The van der Waals surface area contributed by atoms with E-state index in [1.807, 2.05) is 7.11 Å². The Bertz CT molecular complexity index is 1160. The molecule has 44 heavy (non-hydrogen) atoms. The molecule has 5 rings (SSSR count). The van der Waals surface area contributed by atoms with E-state index in [1.165, 1.54) is 0 Å². The molecule has 12 atom stereocenters. The van der Waals surface area contributed by atoms with Gasteiger partial charge in [-0.1, -0.05) is 80.9 Å². The number of nitrogens with two attached hydrogens (primary N) is 1. The van der Waals surface area contributed by atoms with Gasteiger partial charge in [0.05, 0.1) is 37.9 Å². The second-order valence-corrected chi connectivity index (χ2v) is 18.7. The van der Waals surface area contributed by atoms with Crippen molar-refractivity contribution in [2.45, 2.75) is 132 Å². The highest BCUT2D eigenvalue weighted by Crippen LogP contribution is 2.75. The molecule has 6 nitrogen and oxygen atoms in total. The highest BCUT2D eigenvalue weighted by molar-refractivity contribution is 5.73. The van der Waals surface area contributed by atoms with E-state index in [2.05, 4.69) is 82.2 Å². The Morgan fingerprint density at radius 3 is 2.30 bits per heavy atom. The number of hydrogen-bond donors (Lipinski definition) is 2. The number of aliphatic carboxylic acids is 1. The van der Waals surface area contributed by atoms with Gasteiger partial charge in [-0.05, 0) is 90.8 Å². The molecule has 1 unspecified atom stereocenters. The van der Waals surface area contributed by atoms with Gasteiger partial charge < -0.3 is 25.1 Å². The molecule has 0 radical (unpaired) electrons. The summed E-state index contributed by atoms with van der Waals surface area (Å²) in [5, 5.41) is 11.0. The summed E-state index contributed by atoms with van der Waals surface area (Å²) in [7, 11) is 1.84. The molecule has 0 aromatic heterocycles. The number of carboxylic acids is 1. The number of fused-ring (bicyclic) bond motifs is 3. The third kappa shape index (κ3) is 4.57. The van der Waals surface area contributed by atoms with Crippen LogP contribution in [0.25, 0.3) is 0 Å². The first kappa shape index (κ1) is 34.4. The van der Waals surface area contributed by atoms with Crippen LogP contribution in [0.2, 0.25) is 0 Å². The van der Waals surface area contributed by atoms with Gasteiger partial charge in [-0.2, -0.15) is 0 Å². The van der Waals surface area contributed by atoms with E-state index in [-0.39, 0.29) is 50.6 Å². The van der Waals surface area contributed by atoms with E-state index in [1.54, 1.807) is 5.57 Å². The zero-order valence-electron chi connectivity index (χ0n) is 30.1. The summed E-state index contributed by atoms with van der Waals surface area (Å²) in [6.07, 6.45) is 8.31. The maximum atomic E-state index is 13.3. The van der Waals surface area contributed by atoms with Crippen LogP contribution in [0.4, 0.5) is 0 Å². The number of carboxylic acid groups (broad SMARTS) is 1. The molecule has 4 fully saturated rings. The molecule has 0 aromatic rings. The van der Waals surface area contributed by atoms with Crippen molar-refractivity contribution in [2.75, 3.05) is 26.9 Å². The first-order valence-electron chi connectivity index (χ1n) is 17.6. The van der Waals surface area contributed by atoms with Crippen LogP contribution in [0, 0.1) is 62.1 Å². The van der Waals surface area contributed by atoms with Crippen molar-refractivity contribution < 1.29 is 24.1 Å². The first-order chi connectivity index (χ1) is 20.2. The van der Waals surface area contributed by atoms with Gasteiger partial charge in [0.25, 0.3) is 0 Å². The molecular formula is C38H65NO5. The number of carbonyl (C=O) groups is 1. The van der Waals surface area contributed by atoms with Gasteiger partial charge in [0, 0.05) is 23.5 Å². The zero-order chi connectivity index (χ0) is 32.9. The SMILES string of the molecule is CO[C@@H]1CC23COC[C@@](C)([C@@H]2CC[C@H]2C3=CC[C@@]3(C)[C@H](C(=O)O)[C@@](C)([C@H](C)C(C)C)CC[C@]23C)[C@H]1OC[C@](C)(N)C(C)(C)C. The van der Waals surface area contributed by atoms with Crippen LogP contribution < -0.4 is 5.73 Å². The molecule has 1 saturated heterocycles. The van der Waals surface area contributed by atoms with Crippen molar-refractivity contribution in [2.24, 2.45) is 67.8 Å². The van der Waals surface area contributed by atoms with E-state index in [4.69, 9.17) is 19.9 Å². The Morgan fingerprint density at radius 1 is 1.07 bits per heavy atom. The summed E-state index contributed by atoms with van der Waals surface area (Å²) in [5.74, 6) is 0.580. The molecular weight excluding hydrogens is 550 g/mol. The van der Waals surface area contributed by atoms with Gasteiger partial charge in [0.15, 0.2) is 0 Å². The Labute approximate surface area is 268 Å². The smallest absolute Gasteiger partial charge is 0.307 e. The van der Waals surface area contributed by atoms with Crippen molar-refractivity contribution in [3.05, 3.63) is 11.6 Å². The third-order valence-corrected chi connectivity index (χ3v) is 15.6. The summed E-state index contributed by atoms with van der Waals surface area (Å²) in [4.78, 5) is 13.3. The number of allylic oxidation sites excluding steroid dienone is 1. The molecule has 4 aliphatic carbocycles. The van der Waals surface area contributed by atoms with Crippen LogP contribution in [0.15, 0.2) is 11.6 Å². The molecule has 1 heterocycles. The summed E-state index contributed by atoms with van der Waals surface area (Å²) in [6, 6.07) is 0. The van der Waals surface area contributed by atoms with Crippen LogP contribution in [0.3, 0.4) is 0 Å². The van der Waals surface area contributed by atoms with Gasteiger partial charge in [-0.15, -0.1) is 0 Å². The van der Waals surface area contributed by atoms with Crippen LogP contribution in [0.1, 0.15) is 115 Å². The Hall–Kier alpha value is -0.950. The van der Waals surface area contributed by atoms with Crippen LogP contribution in [-0.4, -0.2) is 55.8 Å². The molecule has 6 heteroatoms. The predicted octanol–water partition coefficient (Wildman–Crippen LogP) is 7.74. The second kappa shape index (κ2) is 10.8. The Balaban J connectivity index is 1.54. The van der Waals surface area contributed by atoms with Gasteiger partial charge in [-0.25, -0.2) is 0 Å². The maximum Gasteiger partial charge on any atom is 0.307 e. The number of methoxy groups -OCH3 is 1. The fraction of sp³-hybridized carbons (Fsp3) is 0.921. The molecule has 3 N–H and O–H groups in total. The van der Waals surface area contributed by atoms with Gasteiger partial charge in [-0.3, -0.25) is 4.79 Å². The number of rotatable bonds is 7. The van der Waals surface area contributed by atoms with Crippen LogP contribution >= 0.6 is 0 Å². The zero-order valence-corrected chi connectivity index (χ0v) is 30.1. The van der Waals surface area contributed by atoms with Crippen molar-refractivity contribution >= 4 is 5.97 Å². The normalized spacial score (nSPS) is 47.5. The molecule has 2 bridgehead atoms. The minimum absolute atomic E-state index is 0.0509. The lowest BCUT2D eigenvalue weighted by Gasteiger charge is -2.71. The molecule has 0 spiro atoms. The quantitative estimate of drug-likeness (QED) is 0.285. The standard InChI is InChI=1S/C38H65NO5/c1-23(2)24(3)33(7)17-18-35(9)25-13-14-28-34(8)20-43-22-38(28,26(25)15-16-36(35,10)29(33)31(40)41)19-27(42-12)30(34)44-21-37(11,39)32(4,5)6/h15,23-25,27-30H,13-14,16-22,39H2,1-12H3,(H,40,41)/t24-,25+,27-,28+,29-,30+,33-,34+,35-,36+,37+,38?/m1/s1. The fourth-order valence-corrected chi connectivity index (χ4v) is 11.6. The topological polar surface area (TPSA) is 91.0 Å².